The SMILES string of the molecule is CC(C)(C)CCc1ncccn1.CC(C)(C)CCn1cccn1.CC(C)(C)Cc1ccc2ccccc2n1.CC(C)(C)Cc1cn2ccccc2n1.C[C@H](c1ncccn1)C(C)(C)C.Cc1cnc(CC(C)(C)C)o1.Cn1ccc(CC(C)(C)C)n1. The van der Waals surface area contributed by atoms with E-state index in [4.69, 9.17) is 4.42 Å². The maximum absolute atomic E-state index is 5.35. The van der Waals surface area contributed by atoms with E-state index < -0.39 is 0 Å². The summed E-state index contributed by atoms with van der Waals surface area (Å²) in [7, 11) is 1.95. The number of rotatable bonds is 9. The molecule has 0 bridgehead atoms. The molecule has 0 aliphatic carbocycles. The van der Waals surface area contributed by atoms with Crippen molar-refractivity contribution in [3.05, 3.63) is 181 Å². The van der Waals surface area contributed by atoms with Crippen LogP contribution in [0.2, 0.25) is 0 Å². The van der Waals surface area contributed by atoms with Gasteiger partial charge in [-0.3, -0.25) is 14.3 Å². The topological polar surface area (TPSA) is 143 Å². The summed E-state index contributed by atoms with van der Waals surface area (Å²) in [5, 5.41) is 9.67. The summed E-state index contributed by atoms with van der Waals surface area (Å²) in [5.74, 6) is 4.02. The molecule has 13 heteroatoms. The largest absolute Gasteiger partial charge is 0.446 e. The van der Waals surface area contributed by atoms with Gasteiger partial charge in [0, 0.05) is 99.2 Å². The molecular formula is C73H112N12O. The summed E-state index contributed by atoms with van der Waals surface area (Å²) >= 11 is 0. The molecule has 0 radical (unpaired) electrons. The van der Waals surface area contributed by atoms with Crippen LogP contribution in [-0.4, -0.2) is 58.8 Å². The quantitative estimate of drug-likeness (QED) is 0.137. The Bertz CT molecular complexity index is 3150. The number of pyridine rings is 2. The molecule has 0 unspecified atom stereocenters. The van der Waals surface area contributed by atoms with Gasteiger partial charge in [0.05, 0.1) is 23.1 Å². The predicted molar refractivity (Wildman–Crippen MR) is 360 cm³/mol. The molecule has 8 heterocycles. The third-order valence-electron chi connectivity index (χ3n) is 13.0. The van der Waals surface area contributed by atoms with E-state index in [0.717, 1.165) is 79.5 Å². The Hall–Kier alpha value is -6.89. The number of benzene rings is 1. The second-order valence-corrected chi connectivity index (χ2v) is 31.0. The first-order valence-electron chi connectivity index (χ1n) is 30.9. The number of hydrogen-bond acceptors (Lipinski definition) is 10. The highest BCUT2D eigenvalue weighted by molar-refractivity contribution is 5.78. The van der Waals surface area contributed by atoms with E-state index in [2.05, 4.69) is 238 Å². The highest BCUT2D eigenvalue weighted by Gasteiger charge is 2.23. The fourth-order valence-corrected chi connectivity index (χ4v) is 8.15. The van der Waals surface area contributed by atoms with Crippen LogP contribution in [0, 0.1) is 44.8 Å². The molecule has 9 rings (SSSR count). The van der Waals surface area contributed by atoms with Gasteiger partial charge in [0.15, 0.2) is 5.89 Å². The van der Waals surface area contributed by atoms with Crippen molar-refractivity contribution in [3.8, 4) is 0 Å². The van der Waals surface area contributed by atoms with E-state index in [1.54, 1.807) is 31.0 Å². The van der Waals surface area contributed by atoms with Crippen molar-refractivity contribution in [2.24, 2.45) is 45.0 Å². The van der Waals surface area contributed by atoms with Crippen LogP contribution in [0.3, 0.4) is 0 Å². The van der Waals surface area contributed by atoms with Gasteiger partial charge in [-0.15, -0.1) is 0 Å². The summed E-state index contributed by atoms with van der Waals surface area (Å²) < 4.78 is 11.2. The molecule has 0 amide bonds. The fourth-order valence-electron chi connectivity index (χ4n) is 8.15. The molecular weight excluding hydrogens is 1060 g/mol. The molecule has 86 heavy (non-hydrogen) atoms. The standard InChI is InChI=1S/C14H17N.C12H16N2.2C10H16N2.2C9H16N2.C9H15NO/c1-14(2,3)10-12-9-8-11-6-4-5-7-13(11)15-12;1-12(2,3)8-10-9-14-7-5-4-6-11(14)13-10;1-8(10(2,3)4)9-11-6-5-7-12-9;1-10(2,3)6-5-9-11-7-4-8-12-9;1-9(2,3)7-8-5-6-11(4)10-8;1-9(2,3)5-8-11-7-4-6-10-11;1-7-6-10-8(11-7)5-9(2,3)4/h4-9H,10H2,1-3H3;4-7,9H,8H2,1-3H3;5-8H,1-4H3;4,7-8H,5-6H2,1-3H3;5-6H,7H2,1-4H3;4,6-7H,5,8H2,1-3H3;6H,5H2,1-4H3/t;;8-;;;;/m..1..../s1. The number of imidazole rings is 1. The second-order valence-electron chi connectivity index (χ2n) is 31.0. The third kappa shape index (κ3) is 33.7. The van der Waals surface area contributed by atoms with Crippen molar-refractivity contribution in [2.45, 2.75) is 217 Å². The Kier molecular flexibility index (Phi) is 28.4. The minimum absolute atomic E-state index is 0.237. The maximum atomic E-state index is 5.35. The normalized spacial score (nSPS) is 12.3. The zero-order valence-electron chi connectivity index (χ0n) is 57.8. The highest BCUT2D eigenvalue weighted by Crippen LogP contribution is 2.32. The Balaban J connectivity index is 0.000000264. The van der Waals surface area contributed by atoms with E-state index in [1.165, 1.54) is 28.9 Å². The number of oxazole rings is 1. The molecule has 0 saturated carbocycles. The van der Waals surface area contributed by atoms with Crippen LogP contribution in [-0.2, 0) is 45.7 Å². The fraction of sp³-hybridized carbons (Fsp3) is 0.548. The van der Waals surface area contributed by atoms with Gasteiger partial charge in [0.25, 0.3) is 0 Å². The molecule has 0 N–H and O–H groups in total. The Morgan fingerprint density at radius 3 is 1.55 bits per heavy atom. The van der Waals surface area contributed by atoms with Crippen molar-refractivity contribution < 1.29 is 4.42 Å². The lowest BCUT2D eigenvalue weighted by Crippen LogP contribution is -2.17. The van der Waals surface area contributed by atoms with Gasteiger partial charge < -0.3 is 8.82 Å². The van der Waals surface area contributed by atoms with Gasteiger partial charge in [0.1, 0.15) is 23.1 Å². The molecule has 13 nitrogen and oxygen atoms in total. The van der Waals surface area contributed by atoms with Crippen LogP contribution in [0.15, 0.2) is 145 Å². The van der Waals surface area contributed by atoms with Crippen LogP contribution < -0.4 is 0 Å². The first kappa shape index (κ1) is 73.4. The zero-order valence-corrected chi connectivity index (χ0v) is 57.8. The molecule has 0 aliphatic heterocycles. The predicted octanol–water partition coefficient (Wildman–Crippen LogP) is 18.7. The van der Waals surface area contributed by atoms with Gasteiger partial charge in [-0.1, -0.05) is 183 Å². The van der Waals surface area contributed by atoms with Crippen LogP contribution in [0.4, 0.5) is 0 Å². The lowest BCUT2D eigenvalue weighted by Gasteiger charge is -2.25. The molecule has 1 aromatic carbocycles. The first-order valence-corrected chi connectivity index (χ1v) is 30.9. The molecule has 1 atom stereocenters. The molecule has 9 aromatic rings. The number of aromatic nitrogens is 12. The number of hydrogen-bond donors (Lipinski definition) is 0. The highest BCUT2D eigenvalue weighted by atomic mass is 16.4. The van der Waals surface area contributed by atoms with E-state index in [1.807, 2.05) is 96.7 Å². The summed E-state index contributed by atoms with van der Waals surface area (Å²) in [5.41, 5.74) is 7.89. The average molecular weight is 1170 g/mol. The average Bonchev–Trinajstić information content (AvgIpc) is 3.60. The van der Waals surface area contributed by atoms with Crippen molar-refractivity contribution in [3.63, 3.8) is 0 Å². The number of para-hydroxylation sites is 1. The lowest BCUT2D eigenvalue weighted by atomic mass is 9.81. The van der Waals surface area contributed by atoms with Gasteiger partial charge in [-0.25, -0.2) is 29.9 Å². The summed E-state index contributed by atoms with van der Waals surface area (Å²) in [6, 6.07) is 26.4. The van der Waals surface area contributed by atoms with E-state index in [-0.39, 0.29) is 10.8 Å². The number of aryl methyl sites for hydroxylation is 4. The van der Waals surface area contributed by atoms with Crippen LogP contribution in [0.1, 0.15) is 211 Å². The van der Waals surface area contributed by atoms with Crippen LogP contribution in [0.5, 0.6) is 0 Å². The van der Waals surface area contributed by atoms with Gasteiger partial charge >= 0.3 is 0 Å². The van der Waals surface area contributed by atoms with Gasteiger partial charge in [-0.2, -0.15) is 10.2 Å². The Morgan fingerprint density at radius 1 is 0.488 bits per heavy atom. The van der Waals surface area contributed by atoms with Crippen LogP contribution >= 0.6 is 0 Å². The Morgan fingerprint density at radius 2 is 1.05 bits per heavy atom. The Labute approximate surface area is 520 Å². The summed E-state index contributed by atoms with van der Waals surface area (Å²) in [6.07, 6.45) is 26.2. The molecule has 0 fully saturated rings. The molecule has 0 aliphatic rings. The summed E-state index contributed by atoms with van der Waals surface area (Å²) in [4.78, 5) is 30.2. The molecule has 0 spiro atoms. The van der Waals surface area contributed by atoms with Crippen molar-refractivity contribution in [2.75, 3.05) is 0 Å². The van der Waals surface area contributed by atoms with E-state index >= 15 is 0 Å². The lowest BCUT2D eigenvalue weighted by molar-refractivity contribution is 0.328. The monoisotopic (exact) mass is 1170 g/mol. The van der Waals surface area contributed by atoms with E-state index in [9.17, 15) is 0 Å². The minimum atomic E-state index is 0.237. The second kappa shape index (κ2) is 33.3. The van der Waals surface area contributed by atoms with Crippen molar-refractivity contribution in [1.82, 2.24) is 58.8 Å². The molecule has 470 valence electrons. The smallest absolute Gasteiger partial charge is 0.194 e. The van der Waals surface area contributed by atoms with Crippen molar-refractivity contribution >= 4 is 16.6 Å². The molecule has 8 aromatic heterocycles. The maximum Gasteiger partial charge on any atom is 0.194 e. The third-order valence-corrected chi connectivity index (χ3v) is 13.0. The van der Waals surface area contributed by atoms with Crippen molar-refractivity contribution in [1.29, 1.82) is 0 Å². The van der Waals surface area contributed by atoms with Crippen LogP contribution in [0.25, 0.3) is 16.6 Å². The van der Waals surface area contributed by atoms with Gasteiger partial charge in [-0.05, 0) is 125 Å². The first-order chi connectivity index (χ1) is 39.7. The minimum Gasteiger partial charge on any atom is -0.446 e. The zero-order chi connectivity index (χ0) is 64.6. The number of fused-ring (bicyclic) bond motifs is 2. The number of nitrogens with zero attached hydrogens (tertiary/aromatic N) is 12. The van der Waals surface area contributed by atoms with Gasteiger partial charge in [0.2, 0.25) is 0 Å². The summed E-state index contributed by atoms with van der Waals surface area (Å²) in [6.45, 7) is 51.8. The molecule has 0 saturated heterocycles. The van der Waals surface area contributed by atoms with E-state index in [0.29, 0.717) is 33.0 Å².